The molecule has 7 heteroatoms. The maximum atomic E-state index is 12.4. The van der Waals surface area contributed by atoms with E-state index in [1.54, 1.807) is 49.4 Å². The Labute approximate surface area is 153 Å². The Morgan fingerprint density at radius 2 is 1.84 bits per heavy atom. The first-order valence-electron chi connectivity index (χ1n) is 7.37. The van der Waals surface area contributed by atoms with Gasteiger partial charge in [0, 0.05) is 27.5 Å². The molecule has 0 aliphatic heterocycles. The van der Waals surface area contributed by atoms with Gasteiger partial charge in [-0.1, -0.05) is 29.3 Å². The van der Waals surface area contributed by atoms with Gasteiger partial charge in [-0.15, -0.1) is 0 Å². The van der Waals surface area contributed by atoms with Crippen molar-refractivity contribution in [1.29, 1.82) is 0 Å². The molecule has 0 aliphatic carbocycles. The first-order chi connectivity index (χ1) is 12.0. The molecule has 0 fully saturated rings. The molecule has 1 amide bonds. The van der Waals surface area contributed by atoms with Gasteiger partial charge in [-0.2, -0.15) is 0 Å². The molecule has 0 spiro atoms. The van der Waals surface area contributed by atoms with E-state index in [2.05, 4.69) is 15.3 Å². The molecule has 3 rings (SSSR count). The van der Waals surface area contributed by atoms with E-state index in [4.69, 9.17) is 23.2 Å². The maximum absolute atomic E-state index is 12.4. The van der Waals surface area contributed by atoms with Crippen molar-refractivity contribution < 1.29 is 4.79 Å². The fourth-order valence-corrected chi connectivity index (χ4v) is 2.54. The topological polar surface area (TPSA) is 74.8 Å². The number of anilines is 1. The van der Waals surface area contributed by atoms with Crippen molar-refractivity contribution in [2.45, 2.75) is 6.92 Å². The Kier molecular flexibility index (Phi) is 4.88. The average molecular weight is 374 g/mol. The van der Waals surface area contributed by atoms with E-state index in [0.717, 1.165) is 5.56 Å². The van der Waals surface area contributed by atoms with Crippen LogP contribution < -0.4 is 10.9 Å². The molecule has 0 bridgehead atoms. The summed E-state index contributed by atoms with van der Waals surface area (Å²) in [5.41, 5.74) is 1.34. The van der Waals surface area contributed by atoms with Gasteiger partial charge in [0.25, 0.3) is 11.5 Å². The molecular weight excluding hydrogens is 361 g/mol. The lowest BCUT2D eigenvalue weighted by Crippen LogP contribution is -2.24. The van der Waals surface area contributed by atoms with Crippen LogP contribution in [0.3, 0.4) is 0 Å². The number of carbonyl (C=O) groups excluding carboxylic acids is 1. The molecule has 0 saturated heterocycles. The Balaban J connectivity index is 1.88. The van der Waals surface area contributed by atoms with Gasteiger partial charge in [-0.25, -0.2) is 4.98 Å². The number of halogens is 2. The van der Waals surface area contributed by atoms with Gasteiger partial charge in [0.15, 0.2) is 0 Å². The van der Waals surface area contributed by atoms with Crippen molar-refractivity contribution in [3.63, 3.8) is 0 Å². The summed E-state index contributed by atoms with van der Waals surface area (Å²) in [5.74, 6) is -0.195. The number of hydrogen-bond donors (Lipinski definition) is 2. The van der Waals surface area contributed by atoms with Crippen LogP contribution in [0.4, 0.5) is 5.69 Å². The number of nitrogens with zero attached hydrogens (tertiary/aromatic N) is 1. The van der Waals surface area contributed by atoms with Crippen LogP contribution in [-0.2, 0) is 0 Å². The lowest BCUT2D eigenvalue weighted by Gasteiger charge is -2.09. The number of rotatable bonds is 3. The van der Waals surface area contributed by atoms with Crippen LogP contribution in [0.5, 0.6) is 0 Å². The van der Waals surface area contributed by atoms with E-state index in [1.807, 2.05) is 0 Å². The molecule has 2 N–H and O–H groups in total. The molecule has 1 heterocycles. The molecule has 0 saturated carbocycles. The largest absolute Gasteiger partial charge is 0.321 e. The van der Waals surface area contributed by atoms with Gasteiger partial charge in [-0.3, -0.25) is 9.59 Å². The summed E-state index contributed by atoms with van der Waals surface area (Å²) in [4.78, 5) is 31.4. The van der Waals surface area contributed by atoms with Gasteiger partial charge in [0.1, 0.15) is 11.4 Å². The zero-order valence-electron chi connectivity index (χ0n) is 13.1. The summed E-state index contributed by atoms with van der Waals surface area (Å²) in [6.45, 7) is 1.78. The Hall–Kier alpha value is -2.63. The molecule has 25 heavy (non-hydrogen) atoms. The first kappa shape index (κ1) is 17.2. The molecule has 0 aliphatic rings. The Morgan fingerprint density at radius 1 is 1.12 bits per heavy atom. The van der Waals surface area contributed by atoms with Crippen molar-refractivity contribution >= 4 is 34.8 Å². The van der Waals surface area contributed by atoms with E-state index in [9.17, 15) is 9.59 Å². The standard InChI is InChI=1S/C18H13Cl2N3O2/c1-10-14(20)3-2-4-15(10)22-17(24)13-9-21-16(23-18(13)25)11-5-7-12(19)8-6-11/h2-9H,1H3,(H,22,24)(H,21,23,25). The second kappa shape index (κ2) is 7.09. The number of nitrogens with one attached hydrogen (secondary N) is 2. The van der Waals surface area contributed by atoms with Crippen LogP contribution in [0.1, 0.15) is 15.9 Å². The van der Waals surface area contributed by atoms with Crippen molar-refractivity contribution in [2.24, 2.45) is 0 Å². The number of carbonyl (C=O) groups is 1. The zero-order valence-corrected chi connectivity index (χ0v) is 14.7. The van der Waals surface area contributed by atoms with E-state index in [1.165, 1.54) is 6.20 Å². The van der Waals surface area contributed by atoms with E-state index >= 15 is 0 Å². The van der Waals surface area contributed by atoms with Crippen molar-refractivity contribution in [2.75, 3.05) is 5.32 Å². The van der Waals surface area contributed by atoms with Gasteiger partial charge >= 0.3 is 0 Å². The third kappa shape index (κ3) is 3.73. The molecule has 1 aromatic heterocycles. The van der Waals surface area contributed by atoms with Gasteiger partial charge in [0.2, 0.25) is 0 Å². The predicted molar refractivity (Wildman–Crippen MR) is 99.4 cm³/mol. The van der Waals surface area contributed by atoms with Crippen molar-refractivity contribution in [3.8, 4) is 11.4 Å². The van der Waals surface area contributed by atoms with Gasteiger partial charge < -0.3 is 10.3 Å². The van der Waals surface area contributed by atoms with Crippen molar-refractivity contribution in [3.05, 3.63) is 80.2 Å². The highest BCUT2D eigenvalue weighted by Crippen LogP contribution is 2.23. The van der Waals surface area contributed by atoms with Gasteiger partial charge in [0.05, 0.1) is 0 Å². The monoisotopic (exact) mass is 373 g/mol. The predicted octanol–water partition coefficient (Wildman–Crippen LogP) is 4.30. The molecule has 3 aromatic rings. The Bertz CT molecular complexity index is 998. The molecule has 5 nitrogen and oxygen atoms in total. The van der Waals surface area contributed by atoms with E-state index < -0.39 is 11.5 Å². The van der Waals surface area contributed by atoms with Gasteiger partial charge in [-0.05, 0) is 48.9 Å². The summed E-state index contributed by atoms with van der Waals surface area (Å²) in [5, 5.41) is 3.79. The van der Waals surface area contributed by atoms with Crippen LogP contribution in [0, 0.1) is 6.92 Å². The van der Waals surface area contributed by atoms with Crippen LogP contribution in [0.25, 0.3) is 11.4 Å². The lowest BCUT2D eigenvalue weighted by molar-refractivity contribution is 0.102. The summed E-state index contributed by atoms with van der Waals surface area (Å²) in [6.07, 6.45) is 1.25. The third-order valence-electron chi connectivity index (χ3n) is 3.68. The molecule has 126 valence electrons. The summed E-state index contributed by atoms with van der Waals surface area (Å²) in [6, 6.07) is 12.0. The van der Waals surface area contributed by atoms with Crippen LogP contribution in [0.15, 0.2) is 53.5 Å². The minimum Gasteiger partial charge on any atom is -0.321 e. The second-order valence-electron chi connectivity index (χ2n) is 5.35. The number of H-pyrrole nitrogens is 1. The normalized spacial score (nSPS) is 10.5. The minimum atomic E-state index is -0.554. The van der Waals surface area contributed by atoms with Crippen molar-refractivity contribution in [1.82, 2.24) is 9.97 Å². The molecular formula is C18H13Cl2N3O2. The SMILES string of the molecule is Cc1c(Cl)cccc1NC(=O)c1cnc(-c2ccc(Cl)cc2)[nH]c1=O. The maximum Gasteiger partial charge on any atom is 0.264 e. The number of hydrogen-bond acceptors (Lipinski definition) is 3. The highest BCUT2D eigenvalue weighted by atomic mass is 35.5. The fraction of sp³-hybridized carbons (Fsp3) is 0.0556. The molecule has 0 unspecified atom stereocenters. The number of amides is 1. The van der Waals surface area contributed by atoms with E-state index in [0.29, 0.717) is 27.1 Å². The van der Waals surface area contributed by atoms with Crippen LogP contribution >= 0.6 is 23.2 Å². The second-order valence-corrected chi connectivity index (χ2v) is 6.19. The lowest BCUT2D eigenvalue weighted by atomic mass is 10.2. The van der Waals surface area contributed by atoms with Crippen LogP contribution in [0.2, 0.25) is 10.0 Å². The molecule has 0 radical (unpaired) electrons. The minimum absolute atomic E-state index is 0.0860. The average Bonchev–Trinajstić information content (AvgIpc) is 2.59. The number of aromatic amines is 1. The highest BCUT2D eigenvalue weighted by molar-refractivity contribution is 6.32. The van der Waals surface area contributed by atoms with E-state index in [-0.39, 0.29) is 5.56 Å². The highest BCUT2D eigenvalue weighted by Gasteiger charge is 2.14. The summed E-state index contributed by atoms with van der Waals surface area (Å²) >= 11 is 11.9. The molecule has 2 aromatic carbocycles. The Morgan fingerprint density at radius 3 is 2.52 bits per heavy atom. The number of benzene rings is 2. The van der Waals surface area contributed by atoms with Crippen LogP contribution in [-0.4, -0.2) is 15.9 Å². The first-order valence-corrected chi connectivity index (χ1v) is 8.13. The summed E-state index contributed by atoms with van der Waals surface area (Å²) < 4.78 is 0. The zero-order chi connectivity index (χ0) is 18.0. The molecule has 0 atom stereocenters. The third-order valence-corrected chi connectivity index (χ3v) is 4.34. The quantitative estimate of drug-likeness (QED) is 0.718. The number of aromatic nitrogens is 2. The smallest absolute Gasteiger partial charge is 0.264 e. The fourth-order valence-electron chi connectivity index (χ4n) is 2.24. The summed E-state index contributed by atoms with van der Waals surface area (Å²) in [7, 11) is 0.